The fourth-order valence-corrected chi connectivity index (χ4v) is 1.82. The second-order valence-corrected chi connectivity index (χ2v) is 4.13. The molecular weight excluding hydrogens is 269 g/mol. The number of alkyl halides is 3. The van der Waals surface area contributed by atoms with Gasteiger partial charge in [-0.2, -0.15) is 18.4 Å². The number of hydrogen-bond donors (Lipinski definition) is 0. The molecule has 0 spiro atoms. The van der Waals surface area contributed by atoms with Gasteiger partial charge < -0.3 is 4.57 Å². The van der Waals surface area contributed by atoms with Crippen LogP contribution >= 0.6 is 0 Å². The zero-order valence-electron chi connectivity index (χ0n) is 10.2. The lowest BCUT2D eigenvalue weighted by atomic mass is 10.1. The number of nitrogens with zero attached hydrogens (tertiary/aromatic N) is 2. The van der Waals surface area contributed by atoms with Crippen molar-refractivity contribution in [2.24, 2.45) is 0 Å². The highest BCUT2D eigenvalue weighted by molar-refractivity contribution is 5.37. The summed E-state index contributed by atoms with van der Waals surface area (Å²) >= 11 is 0. The predicted octanol–water partition coefficient (Wildman–Crippen LogP) is 2.79. The molecule has 20 heavy (non-hydrogen) atoms. The van der Waals surface area contributed by atoms with E-state index in [1.807, 2.05) is 0 Å². The van der Waals surface area contributed by atoms with Gasteiger partial charge in [0.2, 0.25) is 0 Å². The number of hydrogen-bond acceptors (Lipinski definition) is 2. The zero-order chi connectivity index (χ0) is 14.8. The Labute approximate surface area is 112 Å². The lowest BCUT2D eigenvalue weighted by Gasteiger charge is -2.11. The van der Waals surface area contributed by atoms with E-state index in [0.717, 1.165) is 22.4 Å². The van der Waals surface area contributed by atoms with E-state index >= 15 is 0 Å². The second-order valence-electron chi connectivity index (χ2n) is 4.13. The van der Waals surface area contributed by atoms with E-state index in [1.54, 1.807) is 30.3 Å². The summed E-state index contributed by atoms with van der Waals surface area (Å²) in [6.07, 6.45) is -3.66. The molecule has 0 bridgehead atoms. The van der Waals surface area contributed by atoms with E-state index in [2.05, 4.69) is 0 Å². The van der Waals surface area contributed by atoms with Crippen LogP contribution in [0.5, 0.6) is 0 Å². The fraction of sp³-hybridized carbons (Fsp3) is 0.143. The first-order valence-electron chi connectivity index (χ1n) is 5.68. The highest BCUT2D eigenvalue weighted by Gasteiger charge is 2.35. The fourth-order valence-electron chi connectivity index (χ4n) is 1.82. The van der Waals surface area contributed by atoms with Crippen molar-refractivity contribution < 1.29 is 13.2 Å². The summed E-state index contributed by atoms with van der Waals surface area (Å²) in [6.45, 7) is 0.118. The standard InChI is InChI=1S/C14H9F3N2O/c15-14(16,17)12-6-7-19(13(20)11(12)8-18)9-10-4-2-1-3-5-10/h1-7H,9H2. The summed E-state index contributed by atoms with van der Waals surface area (Å²) in [5.41, 5.74) is -2.25. The molecule has 0 saturated carbocycles. The Morgan fingerprint density at radius 2 is 1.80 bits per heavy atom. The average Bonchev–Trinajstić information content (AvgIpc) is 2.40. The quantitative estimate of drug-likeness (QED) is 0.848. The zero-order valence-corrected chi connectivity index (χ0v) is 10.2. The van der Waals surface area contributed by atoms with E-state index in [0.29, 0.717) is 0 Å². The lowest BCUT2D eigenvalue weighted by molar-refractivity contribution is -0.137. The van der Waals surface area contributed by atoms with Crippen LogP contribution < -0.4 is 5.56 Å². The molecule has 1 aromatic heterocycles. The molecule has 3 nitrogen and oxygen atoms in total. The van der Waals surface area contributed by atoms with Crippen molar-refractivity contribution in [2.75, 3.05) is 0 Å². The lowest BCUT2D eigenvalue weighted by Crippen LogP contribution is -2.26. The molecular formula is C14H9F3N2O. The first kappa shape index (κ1) is 13.9. The maximum Gasteiger partial charge on any atom is 0.417 e. The molecule has 0 aliphatic rings. The number of pyridine rings is 1. The SMILES string of the molecule is N#Cc1c(C(F)(F)F)ccn(Cc2ccccc2)c1=O. The Kier molecular flexibility index (Phi) is 3.61. The van der Waals surface area contributed by atoms with E-state index < -0.39 is 22.9 Å². The number of benzene rings is 1. The first-order valence-corrected chi connectivity index (χ1v) is 5.68. The van der Waals surface area contributed by atoms with Crippen LogP contribution in [-0.2, 0) is 12.7 Å². The van der Waals surface area contributed by atoms with Gasteiger partial charge >= 0.3 is 6.18 Å². The maximum absolute atomic E-state index is 12.7. The topological polar surface area (TPSA) is 45.8 Å². The molecule has 1 aromatic carbocycles. The Morgan fingerprint density at radius 1 is 1.15 bits per heavy atom. The van der Waals surface area contributed by atoms with Crippen LogP contribution in [0.25, 0.3) is 0 Å². The van der Waals surface area contributed by atoms with Crippen LogP contribution in [0.1, 0.15) is 16.7 Å². The van der Waals surface area contributed by atoms with Crippen LogP contribution in [0.15, 0.2) is 47.4 Å². The molecule has 0 amide bonds. The largest absolute Gasteiger partial charge is 0.417 e. The minimum Gasteiger partial charge on any atom is -0.310 e. The molecule has 0 aliphatic carbocycles. The summed E-state index contributed by atoms with van der Waals surface area (Å²) in [5, 5.41) is 8.79. The third kappa shape index (κ3) is 2.72. The molecule has 2 aromatic rings. The van der Waals surface area contributed by atoms with Gasteiger partial charge in [-0.15, -0.1) is 0 Å². The molecule has 0 radical (unpaired) electrons. The molecule has 0 aliphatic heterocycles. The van der Waals surface area contributed by atoms with Crippen molar-refractivity contribution in [3.63, 3.8) is 0 Å². The van der Waals surface area contributed by atoms with Gasteiger partial charge in [0.1, 0.15) is 11.6 Å². The number of halogens is 3. The summed E-state index contributed by atoms with van der Waals surface area (Å²) in [6, 6.07) is 10.9. The van der Waals surface area contributed by atoms with Gasteiger partial charge in [0.05, 0.1) is 12.1 Å². The smallest absolute Gasteiger partial charge is 0.310 e. The Morgan fingerprint density at radius 3 is 2.35 bits per heavy atom. The van der Waals surface area contributed by atoms with Crippen molar-refractivity contribution in [3.05, 3.63) is 69.6 Å². The van der Waals surface area contributed by atoms with Crippen LogP contribution in [0.4, 0.5) is 13.2 Å². The van der Waals surface area contributed by atoms with Gasteiger partial charge in [0.15, 0.2) is 0 Å². The van der Waals surface area contributed by atoms with Gasteiger partial charge in [-0.3, -0.25) is 4.79 Å². The number of aromatic nitrogens is 1. The summed E-state index contributed by atoms with van der Waals surface area (Å²) in [4.78, 5) is 11.9. The van der Waals surface area contributed by atoms with Crippen molar-refractivity contribution in [1.29, 1.82) is 5.26 Å². The Balaban J connectivity index is 2.49. The van der Waals surface area contributed by atoms with Crippen molar-refractivity contribution in [2.45, 2.75) is 12.7 Å². The Hall–Kier alpha value is -2.55. The van der Waals surface area contributed by atoms with Crippen LogP contribution in [0.3, 0.4) is 0 Å². The van der Waals surface area contributed by atoms with Crippen LogP contribution in [0.2, 0.25) is 0 Å². The number of nitriles is 1. The highest BCUT2D eigenvalue weighted by Crippen LogP contribution is 2.30. The molecule has 0 N–H and O–H groups in total. The summed E-state index contributed by atoms with van der Waals surface area (Å²) < 4.78 is 39.1. The Bertz CT molecular complexity index is 712. The highest BCUT2D eigenvalue weighted by atomic mass is 19.4. The normalized spacial score (nSPS) is 11.1. The molecule has 0 fully saturated rings. The predicted molar refractivity (Wildman–Crippen MR) is 66.0 cm³/mol. The average molecular weight is 278 g/mol. The van der Waals surface area contributed by atoms with Crippen molar-refractivity contribution in [3.8, 4) is 6.07 Å². The molecule has 6 heteroatoms. The van der Waals surface area contributed by atoms with Crippen LogP contribution in [-0.4, -0.2) is 4.57 Å². The number of rotatable bonds is 2. The van der Waals surface area contributed by atoms with Gasteiger partial charge in [-0.25, -0.2) is 0 Å². The van der Waals surface area contributed by atoms with Gasteiger partial charge in [-0.1, -0.05) is 30.3 Å². The third-order valence-corrected chi connectivity index (χ3v) is 2.78. The first-order chi connectivity index (χ1) is 9.43. The molecule has 0 atom stereocenters. The minimum absolute atomic E-state index is 0.118. The molecule has 0 unspecified atom stereocenters. The van der Waals surface area contributed by atoms with Gasteiger partial charge in [0.25, 0.3) is 5.56 Å². The van der Waals surface area contributed by atoms with Crippen LogP contribution in [0, 0.1) is 11.3 Å². The van der Waals surface area contributed by atoms with E-state index in [-0.39, 0.29) is 6.54 Å². The van der Waals surface area contributed by atoms with E-state index in [4.69, 9.17) is 5.26 Å². The van der Waals surface area contributed by atoms with Crippen molar-refractivity contribution >= 4 is 0 Å². The van der Waals surface area contributed by atoms with Gasteiger partial charge in [-0.05, 0) is 11.6 Å². The van der Waals surface area contributed by atoms with Crippen molar-refractivity contribution in [1.82, 2.24) is 4.57 Å². The summed E-state index contributed by atoms with van der Waals surface area (Å²) in [5.74, 6) is 0. The summed E-state index contributed by atoms with van der Waals surface area (Å²) in [7, 11) is 0. The monoisotopic (exact) mass is 278 g/mol. The van der Waals surface area contributed by atoms with E-state index in [1.165, 1.54) is 6.07 Å². The molecule has 1 heterocycles. The second kappa shape index (κ2) is 5.21. The molecule has 102 valence electrons. The molecule has 0 saturated heterocycles. The minimum atomic E-state index is -4.71. The molecule has 2 rings (SSSR count). The maximum atomic E-state index is 12.7. The van der Waals surface area contributed by atoms with Gasteiger partial charge in [0, 0.05) is 6.20 Å². The van der Waals surface area contributed by atoms with E-state index in [9.17, 15) is 18.0 Å². The third-order valence-electron chi connectivity index (χ3n) is 2.78.